The summed E-state index contributed by atoms with van der Waals surface area (Å²) in [5, 5.41) is 5.94. The molecule has 0 atom stereocenters. The van der Waals surface area contributed by atoms with Crippen molar-refractivity contribution in [3.05, 3.63) is 30.2 Å². The van der Waals surface area contributed by atoms with Gasteiger partial charge >= 0.3 is 0 Å². The van der Waals surface area contributed by atoms with Crippen LogP contribution >= 0.6 is 0 Å². The van der Waals surface area contributed by atoms with Gasteiger partial charge in [-0.2, -0.15) is 4.98 Å². The molecule has 0 fully saturated rings. The van der Waals surface area contributed by atoms with E-state index in [1.54, 1.807) is 6.20 Å². The van der Waals surface area contributed by atoms with Crippen molar-refractivity contribution >= 4 is 11.8 Å². The fraction of sp³-hybridized carbons (Fsp3) is 0.417. The number of aromatic nitrogens is 4. The van der Waals surface area contributed by atoms with E-state index in [1.165, 1.54) is 0 Å². The van der Waals surface area contributed by atoms with Crippen molar-refractivity contribution in [1.29, 1.82) is 0 Å². The van der Waals surface area contributed by atoms with Crippen LogP contribution in [0.4, 0.5) is 16.2 Å². The second kappa shape index (κ2) is 6.12. The second-order valence-electron chi connectivity index (χ2n) is 4.12. The number of anilines is 2. The van der Waals surface area contributed by atoms with Crippen molar-refractivity contribution < 1.29 is 4.39 Å². The minimum atomic E-state index is -0.476. The molecule has 0 saturated heterocycles. The lowest BCUT2D eigenvalue weighted by Crippen LogP contribution is -2.11. The maximum absolute atomic E-state index is 13.6. The first-order chi connectivity index (χ1) is 9.20. The van der Waals surface area contributed by atoms with Crippen LogP contribution in [0.5, 0.6) is 0 Å². The molecule has 102 valence electrons. The molecule has 0 bridgehead atoms. The van der Waals surface area contributed by atoms with Crippen LogP contribution in [0.25, 0.3) is 0 Å². The minimum Gasteiger partial charge on any atom is -0.360 e. The Morgan fingerprint density at radius 1 is 1.32 bits per heavy atom. The maximum Gasteiger partial charge on any atom is 0.224 e. The number of rotatable bonds is 6. The summed E-state index contributed by atoms with van der Waals surface area (Å²) in [6.45, 7) is 3.20. The summed E-state index contributed by atoms with van der Waals surface area (Å²) >= 11 is 0. The third-order valence-corrected chi connectivity index (χ3v) is 2.61. The molecule has 0 amide bonds. The number of hydrogen-bond acceptors (Lipinski definition) is 5. The molecule has 0 unspecified atom stereocenters. The molecule has 2 heterocycles. The van der Waals surface area contributed by atoms with Gasteiger partial charge in [-0.05, 0) is 6.42 Å². The summed E-state index contributed by atoms with van der Waals surface area (Å²) in [4.78, 5) is 12.1. The van der Waals surface area contributed by atoms with Crippen molar-refractivity contribution in [3.8, 4) is 0 Å². The van der Waals surface area contributed by atoms with Crippen molar-refractivity contribution in [1.82, 2.24) is 19.5 Å². The van der Waals surface area contributed by atoms with Gasteiger partial charge in [0.1, 0.15) is 5.82 Å². The fourth-order valence-electron chi connectivity index (χ4n) is 1.54. The Morgan fingerprint density at radius 3 is 2.84 bits per heavy atom. The Morgan fingerprint density at radius 2 is 2.16 bits per heavy atom. The van der Waals surface area contributed by atoms with Crippen LogP contribution in [0.3, 0.4) is 0 Å². The number of nitrogens with one attached hydrogen (secondary N) is 2. The zero-order chi connectivity index (χ0) is 13.7. The van der Waals surface area contributed by atoms with Crippen LogP contribution in [0, 0.1) is 5.82 Å². The van der Waals surface area contributed by atoms with Gasteiger partial charge in [-0.25, -0.2) is 14.4 Å². The van der Waals surface area contributed by atoms with E-state index in [4.69, 9.17) is 0 Å². The predicted molar refractivity (Wildman–Crippen MR) is 71.3 cm³/mol. The largest absolute Gasteiger partial charge is 0.360 e. The van der Waals surface area contributed by atoms with Crippen LogP contribution in [0.15, 0.2) is 18.6 Å². The van der Waals surface area contributed by atoms with Gasteiger partial charge in [0.2, 0.25) is 5.95 Å². The fourth-order valence-corrected chi connectivity index (χ4v) is 1.54. The molecule has 0 aliphatic carbocycles. The first-order valence-corrected chi connectivity index (χ1v) is 6.17. The Labute approximate surface area is 111 Å². The molecular weight excluding hydrogens is 247 g/mol. The van der Waals surface area contributed by atoms with Gasteiger partial charge in [-0.1, -0.05) is 6.92 Å². The van der Waals surface area contributed by atoms with E-state index in [2.05, 4.69) is 25.6 Å². The first kappa shape index (κ1) is 13.3. The normalized spacial score (nSPS) is 10.5. The van der Waals surface area contributed by atoms with Crippen LogP contribution in [-0.2, 0) is 13.6 Å². The molecule has 2 aromatic rings. The Hall–Kier alpha value is -2.18. The molecule has 0 radical (unpaired) electrons. The van der Waals surface area contributed by atoms with Crippen molar-refractivity contribution in [2.75, 3.05) is 17.2 Å². The standard InChI is InChI=1S/C12H17FN6/c1-3-4-15-12-17-7-9(13)11(18-12)16-8-10-14-5-6-19(10)2/h5-7H,3-4,8H2,1-2H3,(H2,15,16,17,18). The number of halogens is 1. The van der Waals surface area contributed by atoms with E-state index in [9.17, 15) is 4.39 Å². The molecule has 2 rings (SSSR count). The average molecular weight is 264 g/mol. The Bertz CT molecular complexity index is 539. The summed E-state index contributed by atoms with van der Waals surface area (Å²) in [5.41, 5.74) is 0. The summed E-state index contributed by atoms with van der Waals surface area (Å²) in [6, 6.07) is 0. The highest BCUT2D eigenvalue weighted by molar-refractivity contribution is 5.41. The van der Waals surface area contributed by atoms with Crippen LogP contribution in [0.2, 0.25) is 0 Å². The maximum atomic E-state index is 13.6. The topological polar surface area (TPSA) is 67.7 Å². The van der Waals surface area contributed by atoms with Gasteiger partial charge in [0.25, 0.3) is 0 Å². The highest BCUT2D eigenvalue weighted by Crippen LogP contribution is 2.12. The Kier molecular flexibility index (Phi) is 4.27. The minimum absolute atomic E-state index is 0.177. The molecule has 2 N–H and O–H groups in total. The van der Waals surface area contributed by atoms with E-state index < -0.39 is 5.82 Å². The summed E-state index contributed by atoms with van der Waals surface area (Å²) in [7, 11) is 1.88. The van der Waals surface area contributed by atoms with Crippen LogP contribution in [-0.4, -0.2) is 26.1 Å². The number of hydrogen-bond donors (Lipinski definition) is 2. The third kappa shape index (κ3) is 3.40. The van der Waals surface area contributed by atoms with Crippen molar-refractivity contribution in [2.45, 2.75) is 19.9 Å². The van der Waals surface area contributed by atoms with Crippen LogP contribution in [0.1, 0.15) is 19.2 Å². The van der Waals surface area contributed by atoms with E-state index in [0.717, 1.165) is 25.0 Å². The van der Waals surface area contributed by atoms with Gasteiger partial charge in [-0.15, -0.1) is 0 Å². The molecule has 0 aliphatic rings. The van der Waals surface area contributed by atoms with Gasteiger partial charge in [0.15, 0.2) is 11.6 Å². The number of aryl methyl sites for hydroxylation is 1. The van der Waals surface area contributed by atoms with Gasteiger partial charge < -0.3 is 15.2 Å². The van der Waals surface area contributed by atoms with Crippen LogP contribution < -0.4 is 10.6 Å². The van der Waals surface area contributed by atoms with E-state index >= 15 is 0 Å². The number of nitrogens with zero attached hydrogens (tertiary/aromatic N) is 4. The average Bonchev–Trinajstić information content (AvgIpc) is 2.82. The smallest absolute Gasteiger partial charge is 0.224 e. The molecule has 0 aromatic carbocycles. The Balaban J connectivity index is 2.04. The SMILES string of the molecule is CCCNc1ncc(F)c(NCc2nccn2C)n1. The highest BCUT2D eigenvalue weighted by Gasteiger charge is 2.07. The van der Waals surface area contributed by atoms with Crippen molar-refractivity contribution in [2.24, 2.45) is 7.05 Å². The quantitative estimate of drug-likeness (QED) is 0.832. The summed E-state index contributed by atoms with van der Waals surface area (Å²) < 4.78 is 15.4. The summed E-state index contributed by atoms with van der Waals surface area (Å²) in [6.07, 6.45) is 5.64. The zero-order valence-corrected chi connectivity index (χ0v) is 11.0. The molecule has 0 spiro atoms. The summed E-state index contributed by atoms with van der Waals surface area (Å²) in [5.74, 6) is 0.930. The van der Waals surface area contributed by atoms with Crippen molar-refractivity contribution in [3.63, 3.8) is 0 Å². The molecule has 7 heteroatoms. The highest BCUT2D eigenvalue weighted by atomic mass is 19.1. The third-order valence-electron chi connectivity index (χ3n) is 2.61. The lowest BCUT2D eigenvalue weighted by molar-refractivity contribution is 0.616. The molecule has 19 heavy (non-hydrogen) atoms. The molecular formula is C12H17FN6. The van der Waals surface area contributed by atoms with Gasteiger partial charge in [-0.3, -0.25) is 0 Å². The molecule has 6 nitrogen and oxygen atoms in total. The lowest BCUT2D eigenvalue weighted by Gasteiger charge is -2.08. The zero-order valence-electron chi connectivity index (χ0n) is 11.0. The molecule has 0 saturated carbocycles. The van der Waals surface area contributed by atoms with Gasteiger partial charge in [0.05, 0.1) is 12.7 Å². The molecule has 2 aromatic heterocycles. The first-order valence-electron chi connectivity index (χ1n) is 6.17. The monoisotopic (exact) mass is 264 g/mol. The predicted octanol–water partition coefficient (Wildman–Crippen LogP) is 1.78. The lowest BCUT2D eigenvalue weighted by atomic mass is 10.5. The second-order valence-corrected chi connectivity index (χ2v) is 4.12. The van der Waals surface area contributed by atoms with E-state index in [-0.39, 0.29) is 5.82 Å². The number of imidazole rings is 1. The molecule has 0 aliphatic heterocycles. The van der Waals surface area contributed by atoms with E-state index in [0.29, 0.717) is 12.5 Å². The van der Waals surface area contributed by atoms with Gasteiger partial charge in [0, 0.05) is 26.0 Å². The van der Waals surface area contributed by atoms with E-state index in [1.807, 2.05) is 24.7 Å².